The first-order valence-corrected chi connectivity index (χ1v) is 9.85. The SMILES string of the molecule is O=C(CCC1CCNCC1)NC1CCCCC1Cc1ccccc1. The van der Waals surface area contributed by atoms with E-state index in [-0.39, 0.29) is 5.91 Å². The highest BCUT2D eigenvalue weighted by molar-refractivity contribution is 5.76. The molecule has 2 N–H and O–H groups in total. The topological polar surface area (TPSA) is 41.1 Å². The zero-order valence-corrected chi connectivity index (χ0v) is 14.8. The average Bonchev–Trinajstić information content (AvgIpc) is 2.63. The molecule has 1 amide bonds. The van der Waals surface area contributed by atoms with Crippen LogP contribution in [0.1, 0.15) is 56.9 Å². The van der Waals surface area contributed by atoms with E-state index in [1.165, 1.54) is 37.7 Å². The van der Waals surface area contributed by atoms with Gasteiger partial charge in [-0.2, -0.15) is 0 Å². The molecule has 0 radical (unpaired) electrons. The fourth-order valence-electron chi connectivity index (χ4n) is 4.34. The van der Waals surface area contributed by atoms with E-state index in [0.29, 0.717) is 18.4 Å². The van der Waals surface area contributed by atoms with Crippen LogP contribution in [0.2, 0.25) is 0 Å². The largest absolute Gasteiger partial charge is 0.353 e. The van der Waals surface area contributed by atoms with Crippen molar-refractivity contribution in [3.63, 3.8) is 0 Å². The Hall–Kier alpha value is -1.35. The highest BCUT2D eigenvalue weighted by atomic mass is 16.1. The van der Waals surface area contributed by atoms with Crippen LogP contribution in [0.3, 0.4) is 0 Å². The van der Waals surface area contributed by atoms with E-state index in [9.17, 15) is 4.79 Å². The van der Waals surface area contributed by atoms with Gasteiger partial charge in [-0.3, -0.25) is 4.79 Å². The van der Waals surface area contributed by atoms with Gasteiger partial charge in [0.2, 0.25) is 5.91 Å². The van der Waals surface area contributed by atoms with Crippen molar-refractivity contribution in [2.45, 2.75) is 63.8 Å². The van der Waals surface area contributed by atoms with E-state index >= 15 is 0 Å². The maximum absolute atomic E-state index is 12.4. The lowest BCUT2D eigenvalue weighted by Gasteiger charge is -2.32. The summed E-state index contributed by atoms with van der Waals surface area (Å²) in [5.41, 5.74) is 1.40. The summed E-state index contributed by atoms with van der Waals surface area (Å²) in [7, 11) is 0. The predicted molar refractivity (Wildman–Crippen MR) is 98.9 cm³/mol. The molecule has 132 valence electrons. The number of hydrogen-bond donors (Lipinski definition) is 2. The molecule has 2 unspecified atom stereocenters. The first-order chi connectivity index (χ1) is 11.8. The van der Waals surface area contributed by atoms with Crippen LogP contribution in [0.25, 0.3) is 0 Å². The summed E-state index contributed by atoms with van der Waals surface area (Å²) in [5.74, 6) is 1.62. The van der Waals surface area contributed by atoms with Gasteiger partial charge in [0.15, 0.2) is 0 Å². The summed E-state index contributed by atoms with van der Waals surface area (Å²) in [6.45, 7) is 2.24. The fourth-order valence-corrected chi connectivity index (χ4v) is 4.34. The summed E-state index contributed by atoms with van der Waals surface area (Å²) in [6, 6.07) is 11.1. The molecule has 1 heterocycles. The van der Waals surface area contributed by atoms with Crippen molar-refractivity contribution in [1.29, 1.82) is 0 Å². The summed E-state index contributed by atoms with van der Waals surface area (Å²) in [6.07, 6.45) is 10.3. The third-order valence-electron chi connectivity index (χ3n) is 5.83. The lowest BCUT2D eigenvalue weighted by atomic mass is 9.80. The standard InChI is InChI=1S/C21H32N2O/c24-21(11-10-17-12-14-22-15-13-17)23-20-9-5-4-8-19(20)16-18-6-2-1-3-7-18/h1-3,6-7,17,19-20,22H,4-5,8-16H2,(H,23,24). The molecule has 2 atom stereocenters. The molecule has 3 rings (SSSR count). The minimum absolute atomic E-state index is 0.276. The van der Waals surface area contributed by atoms with E-state index < -0.39 is 0 Å². The molecular weight excluding hydrogens is 296 g/mol. The molecule has 2 aliphatic rings. The number of nitrogens with one attached hydrogen (secondary N) is 2. The average molecular weight is 328 g/mol. The van der Waals surface area contributed by atoms with Gasteiger partial charge in [0.05, 0.1) is 0 Å². The smallest absolute Gasteiger partial charge is 0.220 e. The molecule has 1 aromatic carbocycles. The molecule has 1 saturated carbocycles. The van der Waals surface area contributed by atoms with Gasteiger partial charge in [-0.1, -0.05) is 43.2 Å². The van der Waals surface area contributed by atoms with Gasteiger partial charge in [-0.25, -0.2) is 0 Å². The highest BCUT2D eigenvalue weighted by Gasteiger charge is 2.26. The van der Waals surface area contributed by atoms with Crippen LogP contribution in [-0.4, -0.2) is 25.0 Å². The predicted octanol–water partition coefficient (Wildman–Crippen LogP) is 3.68. The van der Waals surface area contributed by atoms with Gasteiger partial charge < -0.3 is 10.6 Å². The first kappa shape index (κ1) is 17.5. The summed E-state index contributed by atoms with van der Waals surface area (Å²) in [5, 5.41) is 6.77. The van der Waals surface area contributed by atoms with Crippen molar-refractivity contribution >= 4 is 5.91 Å². The lowest BCUT2D eigenvalue weighted by molar-refractivity contribution is -0.122. The van der Waals surface area contributed by atoms with Crippen LogP contribution in [0.15, 0.2) is 30.3 Å². The van der Waals surface area contributed by atoms with Crippen LogP contribution >= 0.6 is 0 Å². The van der Waals surface area contributed by atoms with E-state index in [1.807, 2.05) is 0 Å². The Labute approximate surface area is 146 Å². The Bertz CT molecular complexity index is 496. The number of carbonyl (C=O) groups excluding carboxylic acids is 1. The molecule has 2 fully saturated rings. The molecule has 1 aromatic rings. The Morgan fingerprint density at radius 3 is 2.58 bits per heavy atom. The second-order valence-electron chi connectivity index (χ2n) is 7.64. The number of rotatable bonds is 6. The van der Waals surface area contributed by atoms with Crippen molar-refractivity contribution < 1.29 is 4.79 Å². The molecule has 1 saturated heterocycles. The van der Waals surface area contributed by atoms with Crippen molar-refractivity contribution in [2.75, 3.05) is 13.1 Å². The number of piperidine rings is 1. The van der Waals surface area contributed by atoms with Gasteiger partial charge in [0.1, 0.15) is 0 Å². The maximum Gasteiger partial charge on any atom is 0.220 e. The number of amides is 1. The number of carbonyl (C=O) groups is 1. The molecule has 0 bridgehead atoms. The normalized spacial score (nSPS) is 25.3. The van der Waals surface area contributed by atoms with Gasteiger partial charge in [0.25, 0.3) is 0 Å². The van der Waals surface area contributed by atoms with Crippen LogP contribution in [0.5, 0.6) is 0 Å². The lowest BCUT2D eigenvalue weighted by Crippen LogP contribution is -2.43. The van der Waals surface area contributed by atoms with Gasteiger partial charge in [0, 0.05) is 12.5 Å². The molecule has 24 heavy (non-hydrogen) atoms. The Morgan fingerprint density at radius 2 is 1.79 bits per heavy atom. The molecule has 0 spiro atoms. The van der Waals surface area contributed by atoms with E-state index in [4.69, 9.17) is 0 Å². The molecular formula is C21H32N2O. The molecule has 3 nitrogen and oxygen atoms in total. The Balaban J connectivity index is 1.46. The fraction of sp³-hybridized carbons (Fsp3) is 0.667. The van der Waals surface area contributed by atoms with E-state index in [2.05, 4.69) is 41.0 Å². The first-order valence-electron chi connectivity index (χ1n) is 9.85. The van der Waals surface area contributed by atoms with Gasteiger partial charge >= 0.3 is 0 Å². The zero-order valence-electron chi connectivity index (χ0n) is 14.8. The van der Waals surface area contributed by atoms with E-state index in [0.717, 1.165) is 38.3 Å². The minimum Gasteiger partial charge on any atom is -0.353 e. The molecule has 0 aromatic heterocycles. The van der Waals surface area contributed by atoms with Gasteiger partial charge in [-0.15, -0.1) is 0 Å². The quantitative estimate of drug-likeness (QED) is 0.836. The Morgan fingerprint density at radius 1 is 1.04 bits per heavy atom. The van der Waals surface area contributed by atoms with Crippen LogP contribution in [0, 0.1) is 11.8 Å². The Kier molecular flexibility index (Phi) is 6.71. The maximum atomic E-state index is 12.4. The monoisotopic (exact) mass is 328 g/mol. The third-order valence-corrected chi connectivity index (χ3v) is 5.83. The number of hydrogen-bond acceptors (Lipinski definition) is 2. The number of benzene rings is 1. The van der Waals surface area contributed by atoms with Crippen LogP contribution in [-0.2, 0) is 11.2 Å². The highest BCUT2D eigenvalue weighted by Crippen LogP contribution is 2.28. The van der Waals surface area contributed by atoms with Gasteiger partial charge in [-0.05, 0) is 69.0 Å². The zero-order chi connectivity index (χ0) is 16.6. The summed E-state index contributed by atoms with van der Waals surface area (Å²) in [4.78, 5) is 12.4. The molecule has 1 aliphatic carbocycles. The minimum atomic E-state index is 0.276. The van der Waals surface area contributed by atoms with Crippen molar-refractivity contribution in [3.8, 4) is 0 Å². The van der Waals surface area contributed by atoms with E-state index in [1.54, 1.807) is 0 Å². The summed E-state index contributed by atoms with van der Waals surface area (Å²) >= 11 is 0. The molecule has 3 heteroatoms. The van der Waals surface area contributed by atoms with Crippen molar-refractivity contribution in [1.82, 2.24) is 10.6 Å². The van der Waals surface area contributed by atoms with Crippen molar-refractivity contribution in [3.05, 3.63) is 35.9 Å². The van der Waals surface area contributed by atoms with Crippen LogP contribution < -0.4 is 10.6 Å². The second-order valence-corrected chi connectivity index (χ2v) is 7.64. The van der Waals surface area contributed by atoms with Crippen LogP contribution in [0.4, 0.5) is 0 Å². The van der Waals surface area contributed by atoms with Crippen molar-refractivity contribution in [2.24, 2.45) is 11.8 Å². The third kappa shape index (κ3) is 5.34. The molecule has 1 aliphatic heterocycles. The summed E-state index contributed by atoms with van der Waals surface area (Å²) < 4.78 is 0. The second kappa shape index (κ2) is 9.22.